The van der Waals surface area contributed by atoms with Crippen LogP contribution in [-0.4, -0.2) is 62.3 Å². The molecule has 0 bridgehead atoms. The summed E-state index contributed by atoms with van der Waals surface area (Å²) in [6.07, 6.45) is -1.82. The number of hydrogen-bond donors (Lipinski definition) is 2. The van der Waals surface area contributed by atoms with E-state index >= 15 is 0 Å². The van der Waals surface area contributed by atoms with Gasteiger partial charge in [-0.15, -0.1) is 24.0 Å². The van der Waals surface area contributed by atoms with Crippen molar-refractivity contribution < 1.29 is 17.9 Å². The van der Waals surface area contributed by atoms with Gasteiger partial charge in [-0.25, -0.2) is 0 Å². The number of aromatic nitrogens is 1. The molecule has 3 rings (SSSR count). The Kier molecular flexibility index (Phi) is 10.7. The molecule has 1 aromatic carbocycles. The zero-order valence-electron chi connectivity index (χ0n) is 17.9. The molecule has 1 aromatic heterocycles. The maximum atomic E-state index is 12.9. The number of ether oxygens (including phenoxy) is 1. The van der Waals surface area contributed by atoms with Crippen molar-refractivity contribution in [1.29, 1.82) is 0 Å². The molecule has 0 saturated carbocycles. The maximum Gasteiger partial charge on any atom is 0.416 e. The van der Waals surface area contributed by atoms with Gasteiger partial charge >= 0.3 is 6.18 Å². The largest absolute Gasteiger partial charge is 0.416 e. The monoisotopic (exact) mass is 563 g/mol. The summed E-state index contributed by atoms with van der Waals surface area (Å²) >= 11 is 0. The minimum atomic E-state index is -4.34. The summed E-state index contributed by atoms with van der Waals surface area (Å²) in [4.78, 5) is 10.8. The SMILES string of the molecule is CN=C(NCCc1ccccn1)NCC(c1ccc(C(F)(F)F)cc1)N1CCOCC1.I. The van der Waals surface area contributed by atoms with Crippen LogP contribution in [0.4, 0.5) is 13.2 Å². The van der Waals surface area contributed by atoms with E-state index in [1.54, 1.807) is 25.4 Å². The molecular formula is C22H29F3IN5O. The van der Waals surface area contributed by atoms with Gasteiger partial charge in [-0.05, 0) is 29.8 Å². The summed E-state index contributed by atoms with van der Waals surface area (Å²) < 4.78 is 44.3. The standard InChI is InChI=1S/C22H28F3N5O.HI/c1-26-21(28-11-9-19-4-2-3-10-27-19)29-16-20(30-12-14-31-15-13-30)17-5-7-18(8-6-17)22(23,24)25;/h2-8,10,20H,9,11-16H2,1H3,(H2,26,28,29);1H. The lowest BCUT2D eigenvalue weighted by Crippen LogP contribution is -2.46. The number of nitrogens with zero attached hydrogens (tertiary/aromatic N) is 3. The highest BCUT2D eigenvalue weighted by Crippen LogP contribution is 2.31. The molecule has 1 fully saturated rings. The van der Waals surface area contributed by atoms with Crippen LogP contribution in [-0.2, 0) is 17.3 Å². The van der Waals surface area contributed by atoms with Gasteiger partial charge in [-0.3, -0.25) is 14.9 Å². The minimum Gasteiger partial charge on any atom is -0.379 e. The van der Waals surface area contributed by atoms with Gasteiger partial charge in [-0.1, -0.05) is 18.2 Å². The van der Waals surface area contributed by atoms with Gasteiger partial charge in [0.05, 0.1) is 24.8 Å². The fourth-order valence-corrected chi connectivity index (χ4v) is 3.51. The highest BCUT2D eigenvalue weighted by Gasteiger charge is 2.31. The second kappa shape index (κ2) is 12.9. The lowest BCUT2D eigenvalue weighted by molar-refractivity contribution is -0.137. The van der Waals surface area contributed by atoms with Gasteiger partial charge in [0.15, 0.2) is 5.96 Å². The van der Waals surface area contributed by atoms with Crippen molar-refractivity contribution in [2.75, 3.05) is 46.4 Å². The van der Waals surface area contributed by atoms with Crippen molar-refractivity contribution in [1.82, 2.24) is 20.5 Å². The van der Waals surface area contributed by atoms with Gasteiger partial charge in [0, 0.05) is 51.5 Å². The van der Waals surface area contributed by atoms with Crippen molar-refractivity contribution >= 4 is 29.9 Å². The predicted molar refractivity (Wildman–Crippen MR) is 129 cm³/mol. The minimum absolute atomic E-state index is 0. The molecule has 10 heteroatoms. The molecule has 1 saturated heterocycles. The third-order valence-corrected chi connectivity index (χ3v) is 5.20. The zero-order chi connectivity index (χ0) is 22.1. The lowest BCUT2D eigenvalue weighted by Gasteiger charge is -2.35. The topological polar surface area (TPSA) is 61.8 Å². The Balaban J connectivity index is 0.00000363. The fourth-order valence-electron chi connectivity index (χ4n) is 3.51. The second-order valence-corrected chi connectivity index (χ2v) is 7.23. The van der Waals surface area contributed by atoms with Gasteiger partial charge in [0.25, 0.3) is 0 Å². The number of pyridine rings is 1. The van der Waals surface area contributed by atoms with E-state index in [4.69, 9.17) is 4.74 Å². The number of alkyl halides is 3. The Morgan fingerprint density at radius 1 is 1.12 bits per heavy atom. The summed E-state index contributed by atoms with van der Waals surface area (Å²) in [5.74, 6) is 0.640. The maximum absolute atomic E-state index is 12.9. The van der Waals surface area contributed by atoms with Crippen LogP contribution in [0, 0.1) is 0 Å². The normalized spacial score (nSPS) is 16.2. The third-order valence-electron chi connectivity index (χ3n) is 5.20. The smallest absolute Gasteiger partial charge is 0.379 e. The molecule has 0 aliphatic carbocycles. The average Bonchev–Trinajstić information content (AvgIpc) is 2.79. The first kappa shape index (κ1) is 26.3. The first-order valence-electron chi connectivity index (χ1n) is 10.3. The number of nitrogens with one attached hydrogen (secondary N) is 2. The van der Waals surface area contributed by atoms with Crippen LogP contribution < -0.4 is 10.6 Å². The summed E-state index contributed by atoms with van der Waals surface area (Å²) in [5.41, 5.74) is 1.17. The first-order chi connectivity index (χ1) is 15.0. The number of benzene rings is 1. The van der Waals surface area contributed by atoms with E-state index in [0.717, 1.165) is 42.9 Å². The molecule has 1 aliphatic heterocycles. The molecule has 6 nitrogen and oxygen atoms in total. The van der Waals surface area contributed by atoms with Gasteiger partial charge in [0.1, 0.15) is 0 Å². The molecular weight excluding hydrogens is 534 g/mol. The molecule has 2 N–H and O–H groups in total. The molecule has 2 aromatic rings. The zero-order valence-corrected chi connectivity index (χ0v) is 20.3. The van der Waals surface area contributed by atoms with Crippen LogP contribution in [0.3, 0.4) is 0 Å². The Bertz CT molecular complexity index is 828. The van der Waals surface area contributed by atoms with Crippen LogP contribution in [0.25, 0.3) is 0 Å². The number of guanidine groups is 1. The Morgan fingerprint density at radius 3 is 2.44 bits per heavy atom. The van der Waals surface area contributed by atoms with Gasteiger partial charge < -0.3 is 15.4 Å². The van der Waals surface area contributed by atoms with Crippen molar-refractivity contribution in [3.05, 3.63) is 65.5 Å². The number of aliphatic imine (C=N–C) groups is 1. The van der Waals surface area contributed by atoms with E-state index in [2.05, 4.69) is 25.5 Å². The summed E-state index contributed by atoms with van der Waals surface area (Å²) in [6, 6.07) is 11.1. The average molecular weight is 563 g/mol. The molecule has 176 valence electrons. The molecule has 0 spiro atoms. The van der Waals surface area contributed by atoms with Crippen LogP contribution >= 0.6 is 24.0 Å². The van der Waals surface area contributed by atoms with Gasteiger partial charge in [-0.2, -0.15) is 13.2 Å². The Labute approximate surface area is 203 Å². The number of rotatable bonds is 7. The molecule has 1 unspecified atom stereocenters. The second-order valence-electron chi connectivity index (χ2n) is 7.23. The highest BCUT2D eigenvalue weighted by atomic mass is 127. The third kappa shape index (κ3) is 7.89. The van der Waals surface area contributed by atoms with Crippen LogP contribution in [0.1, 0.15) is 22.9 Å². The fraction of sp³-hybridized carbons (Fsp3) is 0.455. The van der Waals surface area contributed by atoms with Gasteiger partial charge in [0.2, 0.25) is 0 Å². The summed E-state index contributed by atoms with van der Waals surface area (Å²) in [5, 5.41) is 6.57. The number of hydrogen-bond acceptors (Lipinski definition) is 4. The molecule has 1 aliphatic rings. The predicted octanol–water partition coefficient (Wildman–Crippen LogP) is 3.50. The van der Waals surface area contributed by atoms with Crippen molar-refractivity contribution in [3.8, 4) is 0 Å². The van der Waals surface area contributed by atoms with E-state index in [0.29, 0.717) is 32.3 Å². The van der Waals surface area contributed by atoms with Crippen molar-refractivity contribution in [2.45, 2.75) is 18.6 Å². The van der Waals surface area contributed by atoms with E-state index in [9.17, 15) is 13.2 Å². The molecule has 0 radical (unpaired) electrons. The van der Waals surface area contributed by atoms with E-state index < -0.39 is 11.7 Å². The Hall–Kier alpha value is -1.92. The van der Waals surface area contributed by atoms with E-state index in [1.165, 1.54) is 0 Å². The van der Waals surface area contributed by atoms with Crippen LogP contribution in [0.2, 0.25) is 0 Å². The molecule has 1 atom stereocenters. The molecule has 0 amide bonds. The van der Waals surface area contributed by atoms with E-state index in [1.807, 2.05) is 18.2 Å². The summed E-state index contributed by atoms with van der Waals surface area (Å²) in [7, 11) is 1.69. The van der Waals surface area contributed by atoms with Crippen molar-refractivity contribution in [2.24, 2.45) is 4.99 Å². The number of morpholine rings is 1. The Morgan fingerprint density at radius 2 is 1.84 bits per heavy atom. The van der Waals surface area contributed by atoms with E-state index in [-0.39, 0.29) is 30.0 Å². The van der Waals surface area contributed by atoms with Crippen molar-refractivity contribution in [3.63, 3.8) is 0 Å². The molecule has 32 heavy (non-hydrogen) atoms. The first-order valence-corrected chi connectivity index (χ1v) is 10.3. The summed E-state index contributed by atoms with van der Waals surface area (Å²) in [6.45, 7) is 3.83. The quantitative estimate of drug-likeness (QED) is 0.307. The van der Waals surface area contributed by atoms with Crippen LogP contribution in [0.15, 0.2) is 53.7 Å². The molecule has 2 heterocycles. The lowest BCUT2D eigenvalue weighted by atomic mass is 10.0. The number of halogens is 4. The van der Waals surface area contributed by atoms with Crippen LogP contribution in [0.5, 0.6) is 0 Å². The highest BCUT2D eigenvalue weighted by molar-refractivity contribution is 14.0.